The molecule has 0 spiro atoms. The van der Waals surface area contributed by atoms with Gasteiger partial charge >= 0.3 is 11.8 Å². The number of H-pyrrole nitrogens is 1. The lowest BCUT2D eigenvalue weighted by molar-refractivity contribution is -0.136. The molecule has 2 heterocycles. The Kier molecular flexibility index (Phi) is 4.96. The zero-order valence-corrected chi connectivity index (χ0v) is 13.6. The zero-order chi connectivity index (χ0) is 17.9. The lowest BCUT2D eigenvalue weighted by Crippen LogP contribution is -2.36. The van der Waals surface area contributed by atoms with Crippen LogP contribution in [0.15, 0.2) is 24.7 Å². The van der Waals surface area contributed by atoms with E-state index in [1.165, 1.54) is 0 Å². The first-order chi connectivity index (χ1) is 11.9. The van der Waals surface area contributed by atoms with Gasteiger partial charge in [0.15, 0.2) is 0 Å². The number of pyridine rings is 1. The summed E-state index contributed by atoms with van der Waals surface area (Å²) < 4.78 is 26.2. The molecule has 1 aliphatic rings. The average Bonchev–Trinajstić information content (AvgIpc) is 2.99. The van der Waals surface area contributed by atoms with Gasteiger partial charge in [0.1, 0.15) is 0 Å². The average molecular weight is 350 g/mol. The Bertz CT molecular complexity index is 765. The Morgan fingerprint density at radius 2 is 2.04 bits per heavy atom. The van der Waals surface area contributed by atoms with Crippen molar-refractivity contribution in [2.75, 3.05) is 11.9 Å². The topological polar surface area (TPSA) is 86.9 Å². The second-order valence-electron chi connectivity index (χ2n) is 6.42. The van der Waals surface area contributed by atoms with Crippen LogP contribution in [-0.2, 0) is 9.59 Å². The molecule has 25 heavy (non-hydrogen) atoms. The van der Waals surface area contributed by atoms with Crippen molar-refractivity contribution in [3.8, 4) is 0 Å². The lowest BCUT2D eigenvalue weighted by atomic mass is 9.85. The molecule has 2 aromatic heterocycles. The number of alkyl halides is 2. The number of carbonyl (C=O) groups is 2. The van der Waals surface area contributed by atoms with Gasteiger partial charge in [0.2, 0.25) is 5.92 Å². The van der Waals surface area contributed by atoms with E-state index < -0.39 is 17.7 Å². The second-order valence-corrected chi connectivity index (χ2v) is 6.42. The van der Waals surface area contributed by atoms with Gasteiger partial charge in [-0.15, -0.1) is 0 Å². The molecule has 6 nitrogen and oxygen atoms in total. The highest BCUT2D eigenvalue weighted by molar-refractivity contribution is 6.40. The molecule has 1 aliphatic carbocycles. The van der Waals surface area contributed by atoms with E-state index in [0.717, 1.165) is 5.52 Å². The van der Waals surface area contributed by atoms with E-state index in [-0.39, 0.29) is 18.8 Å². The summed E-state index contributed by atoms with van der Waals surface area (Å²) in [5.41, 5.74) is 1.29. The minimum absolute atomic E-state index is 0.0965. The summed E-state index contributed by atoms with van der Waals surface area (Å²) in [5.74, 6) is -3.88. The minimum atomic E-state index is -2.55. The molecule has 3 rings (SSSR count). The van der Waals surface area contributed by atoms with Crippen LogP contribution in [0.3, 0.4) is 0 Å². The van der Waals surface area contributed by atoms with Crippen molar-refractivity contribution < 1.29 is 18.4 Å². The van der Waals surface area contributed by atoms with Crippen LogP contribution >= 0.6 is 0 Å². The summed E-state index contributed by atoms with van der Waals surface area (Å²) in [6, 6.07) is 1.76. The van der Waals surface area contributed by atoms with Crippen LogP contribution < -0.4 is 10.6 Å². The molecule has 134 valence electrons. The molecule has 2 aromatic rings. The maximum absolute atomic E-state index is 13.1. The SMILES string of the molecule is O=C(NCCC1CCC(F)(F)CC1)C(=O)Nc1c[nH]c2ccncc12. The van der Waals surface area contributed by atoms with Crippen molar-refractivity contribution >= 4 is 28.4 Å². The van der Waals surface area contributed by atoms with E-state index in [9.17, 15) is 18.4 Å². The molecule has 1 saturated carbocycles. The highest BCUT2D eigenvalue weighted by Gasteiger charge is 2.34. The van der Waals surface area contributed by atoms with Gasteiger partial charge in [-0.2, -0.15) is 0 Å². The van der Waals surface area contributed by atoms with E-state index in [0.29, 0.717) is 36.9 Å². The smallest absolute Gasteiger partial charge is 0.313 e. The summed E-state index contributed by atoms with van der Waals surface area (Å²) in [6.45, 7) is 0.304. The molecule has 2 amide bonds. The third-order valence-electron chi connectivity index (χ3n) is 4.61. The summed E-state index contributed by atoms with van der Waals surface area (Å²) >= 11 is 0. The van der Waals surface area contributed by atoms with Crippen LogP contribution in [0, 0.1) is 5.92 Å². The van der Waals surface area contributed by atoms with Crippen LogP contribution in [0.2, 0.25) is 0 Å². The van der Waals surface area contributed by atoms with E-state index >= 15 is 0 Å². The summed E-state index contributed by atoms with van der Waals surface area (Å²) in [5, 5.41) is 5.80. The van der Waals surface area contributed by atoms with Crippen LogP contribution in [0.5, 0.6) is 0 Å². The molecule has 8 heteroatoms. The number of hydrogen-bond donors (Lipinski definition) is 3. The summed E-state index contributed by atoms with van der Waals surface area (Å²) in [4.78, 5) is 30.8. The van der Waals surface area contributed by atoms with Crippen molar-refractivity contribution in [1.29, 1.82) is 0 Å². The number of hydrogen-bond acceptors (Lipinski definition) is 3. The van der Waals surface area contributed by atoms with Gasteiger partial charge < -0.3 is 15.6 Å². The van der Waals surface area contributed by atoms with Gasteiger partial charge in [0.05, 0.1) is 11.2 Å². The van der Waals surface area contributed by atoms with E-state index in [1.54, 1.807) is 24.7 Å². The van der Waals surface area contributed by atoms with Crippen LogP contribution in [0.4, 0.5) is 14.5 Å². The molecule has 1 fully saturated rings. The number of fused-ring (bicyclic) bond motifs is 1. The molecule has 0 atom stereocenters. The monoisotopic (exact) mass is 350 g/mol. The van der Waals surface area contributed by atoms with E-state index in [4.69, 9.17) is 0 Å². The van der Waals surface area contributed by atoms with Crippen molar-refractivity contribution in [1.82, 2.24) is 15.3 Å². The molecular weight excluding hydrogens is 330 g/mol. The number of amides is 2. The van der Waals surface area contributed by atoms with Crippen LogP contribution in [0.25, 0.3) is 10.9 Å². The minimum Gasteiger partial charge on any atom is -0.359 e. The van der Waals surface area contributed by atoms with E-state index in [2.05, 4.69) is 20.6 Å². The number of anilines is 1. The van der Waals surface area contributed by atoms with Gasteiger partial charge in [-0.05, 0) is 31.2 Å². The number of carbonyl (C=O) groups excluding carboxylic acids is 2. The Morgan fingerprint density at radius 3 is 2.80 bits per heavy atom. The predicted octanol–water partition coefficient (Wildman–Crippen LogP) is 2.83. The number of nitrogens with zero attached hydrogens (tertiary/aromatic N) is 1. The Balaban J connectivity index is 1.44. The first-order valence-corrected chi connectivity index (χ1v) is 8.33. The van der Waals surface area contributed by atoms with Gasteiger partial charge in [0, 0.05) is 43.4 Å². The third-order valence-corrected chi connectivity index (χ3v) is 4.61. The van der Waals surface area contributed by atoms with Gasteiger partial charge in [-0.1, -0.05) is 0 Å². The number of nitrogens with one attached hydrogen (secondary N) is 3. The maximum atomic E-state index is 13.1. The Morgan fingerprint density at radius 1 is 1.28 bits per heavy atom. The third kappa shape index (κ3) is 4.32. The fourth-order valence-corrected chi connectivity index (χ4v) is 3.10. The molecule has 0 unspecified atom stereocenters. The standard InChI is InChI=1S/C17H20F2N4O2/c18-17(19)5-1-11(2-6-17)3-8-21-15(24)16(25)23-14-10-22-13-4-7-20-9-12(13)14/h4,7,9-11,22H,1-3,5-6,8H2,(H,21,24)(H,23,25). The molecule has 0 radical (unpaired) electrons. The number of halogens is 2. The van der Waals surface area contributed by atoms with Gasteiger partial charge in [0.25, 0.3) is 0 Å². The largest absolute Gasteiger partial charge is 0.359 e. The predicted molar refractivity (Wildman–Crippen MR) is 89.3 cm³/mol. The molecule has 0 saturated heterocycles. The van der Waals surface area contributed by atoms with Crippen molar-refractivity contribution in [2.24, 2.45) is 5.92 Å². The number of aromatic nitrogens is 2. The summed E-state index contributed by atoms with van der Waals surface area (Å²) in [7, 11) is 0. The molecule has 0 aliphatic heterocycles. The molecular formula is C17H20F2N4O2. The van der Waals surface area contributed by atoms with Crippen molar-refractivity contribution in [3.05, 3.63) is 24.7 Å². The Labute approximate surface area is 143 Å². The quantitative estimate of drug-likeness (QED) is 0.741. The van der Waals surface area contributed by atoms with Gasteiger partial charge in [-0.25, -0.2) is 8.78 Å². The van der Waals surface area contributed by atoms with Crippen molar-refractivity contribution in [2.45, 2.75) is 38.0 Å². The lowest BCUT2D eigenvalue weighted by Gasteiger charge is -2.28. The fourth-order valence-electron chi connectivity index (χ4n) is 3.10. The molecule has 3 N–H and O–H groups in total. The van der Waals surface area contributed by atoms with Crippen molar-refractivity contribution in [3.63, 3.8) is 0 Å². The summed E-state index contributed by atoms with van der Waals surface area (Å²) in [6.07, 6.45) is 6.14. The number of rotatable bonds is 4. The zero-order valence-electron chi connectivity index (χ0n) is 13.6. The first kappa shape index (κ1) is 17.3. The van der Waals surface area contributed by atoms with E-state index in [1.807, 2.05) is 0 Å². The van der Waals surface area contributed by atoms with Gasteiger partial charge in [-0.3, -0.25) is 14.6 Å². The highest BCUT2D eigenvalue weighted by Crippen LogP contribution is 2.37. The normalized spacial score (nSPS) is 17.4. The van der Waals surface area contributed by atoms with Crippen LogP contribution in [-0.4, -0.2) is 34.2 Å². The number of aromatic amines is 1. The molecule has 0 bridgehead atoms. The second kappa shape index (κ2) is 7.16. The maximum Gasteiger partial charge on any atom is 0.313 e. The Hall–Kier alpha value is -2.51. The fraction of sp³-hybridized carbons (Fsp3) is 0.471. The molecule has 0 aromatic carbocycles. The highest BCUT2D eigenvalue weighted by atomic mass is 19.3. The van der Waals surface area contributed by atoms with Crippen LogP contribution in [0.1, 0.15) is 32.1 Å². The first-order valence-electron chi connectivity index (χ1n) is 8.33.